The van der Waals surface area contributed by atoms with Gasteiger partial charge in [-0.2, -0.15) is 0 Å². The third kappa shape index (κ3) is 4.51. The lowest BCUT2D eigenvalue weighted by molar-refractivity contribution is -0.126. The summed E-state index contributed by atoms with van der Waals surface area (Å²) in [4.78, 5) is 15.1. The number of hydrogen-bond donors (Lipinski definition) is 2. The molecule has 3 rings (SSSR count). The molecule has 1 aromatic carbocycles. The number of amides is 1. The summed E-state index contributed by atoms with van der Waals surface area (Å²) in [5.74, 6) is 0.526. The fourth-order valence-corrected chi connectivity index (χ4v) is 4.34. The zero-order chi connectivity index (χ0) is 17.7. The molecule has 2 fully saturated rings. The van der Waals surface area contributed by atoms with E-state index in [0.717, 1.165) is 38.4 Å². The van der Waals surface area contributed by atoms with Crippen molar-refractivity contribution in [3.63, 3.8) is 0 Å². The normalized spacial score (nSPS) is 21.7. The molecule has 0 bridgehead atoms. The van der Waals surface area contributed by atoms with Gasteiger partial charge < -0.3 is 15.5 Å². The van der Waals surface area contributed by atoms with Gasteiger partial charge in [0.15, 0.2) is 0 Å². The van der Waals surface area contributed by atoms with E-state index in [0.29, 0.717) is 5.69 Å². The largest absolute Gasteiger partial charge is 0.371 e. The first-order chi connectivity index (χ1) is 12.1. The van der Waals surface area contributed by atoms with Crippen LogP contribution in [-0.4, -0.2) is 43.0 Å². The number of rotatable bonds is 5. The van der Waals surface area contributed by atoms with Gasteiger partial charge in [0, 0.05) is 32.4 Å². The lowest BCUT2D eigenvalue weighted by Crippen LogP contribution is -2.58. The van der Waals surface area contributed by atoms with Crippen LogP contribution in [0.3, 0.4) is 0 Å². The second-order valence-corrected chi connectivity index (χ2v) is 7.60. The van der Waals surface area contributed by atoms with Gasteiger partial charge in [-0.05, 0) is 49.8 Å². The molecular formula is C20H30FN3O. The molecule has 0 unspecified atom stereocenters. The fraction of sp³-hybridized carbons (Fsp3) is 0.650. The van der Waals surface area contributed by atoms with Gasteiger partial charge in [0.2, 0.25) is 5.91 Å². The quantitative estimate of drug-likeness (QED) is 0.858. The van der Waals surface area contributed by atoms with E-state index < -0.39 is 5.54 Å². The van der Waals surface area contributed by atoms with E-state index in [1.807, 2.05) is 6.07 Å². The Hall–Kier alpha value is -1.62. The van der Waals surface area contributed by atoms with Crippen molar-refractivity contribution in [1.29, 1.82) is 0 Å². The number of hydrogen-bond acceptors (Lipinski definition) is 3. The number of anilines is 1. The van der Waals surface area contributed by atoms with Crippen molar-refractivity contribution < 1.29 is 9.18 Å². The van der Waals surface area contributed by atoms with Crippen molar-refractivity contribution in [2.75, 3.05) is 32.0 Å². The molecule has 0 spiro atoms. The SMILES string of the molecule is CNC(=O)C1(Nc2cccc(F)c2)CCN(CC2CCCCC2)CC1. The van der Waals surface area contributed by atoms with Gasteiger partial charge in [-0.25, -0.2) is 4.39 Å². The van der Waals surface area contributed by atoms with E-state index in [-0.39, 0.29) is 11.7 Å². The molecule has 2 N–H and O–H groups in total. The average molecular weight is 347 g/mol. The van der Waals surface area contributed by atoms with E-state index in [2.05, 4.69) is 15.5 Å². The molecule has 1 saturated heterocycles. The maximum atomic E-state index is 13.5. The molecular weight excluding hydrogens is 317 g/mol. The first-order valence-corrected chi connectivity index (χ1v) is 9.60. The molecule has 1 aliphatic heterocycles. The number of carbonyl (C=O) groups is 1. The highest BCUT2D eigenvalue weighted by molar-refractivity contribution is 5.89. The number of nitrogens with zero attached hydrogens (tertiary/aromatic N) is 1. The zero-order valence-corrected chi connectivity index (χ0v) is 15.2. The third-order valence-corrected chi connectivity index (χ3v) is 5.82. The minimum Gasteiger partial charge on any atom is -0.371 e. The second-order valence-electron chi connectivity index (χ2n) is 7.60. The summed E-state index contributed by atoms with van der Waals surface area (Å²) in [6, 6.07) is 6.37. The minimum atomic E-state index is -0.647. The average Bonchev–Trinajstić information content (AvgIpc) is 2.64. The van der Waals surface area contributed by atoms with Crippen LogP contribution in [0.1, 0.15) is 44.9 Å². The number of carbonyl (C=O) groups excluding carboxylic acids is 1. The highest BCUT2D eigenvalue weighted by Crippen LogP contribution is 2.30. The van der Waals surface area contributed by atoms with E-state index in [1.165, 1.54) is 44.2 Å². The zero-order valence-electron chi connectivity index (χ0n) is 15.2. The Morgan fingerprint density at radius 3 is 2.60 bits per heavy atom. The van der Waals surface area contributed by atoms with Gasteiger partial charge in [-0.15, -0.1) is 0 Å². The van der Waals surface area contributed by atoms with Crippen LogP contribution >= 0.6 is 0 Å². The Labute approximate surface area is 150 Å². The first-order valence-electron chi connectivity index (χ1n) is 9.60. The lowest BCUT2D eigenvalue weighted by Gasteiger charge is -2.42. The second kappa shape index (κ2) is 8.17. The van der Waals surface area contributed by atoms with Crippen LogP contribution < -0.4 is 10.6 Å². The van der Waals surface area contributed by atoms with Gasteiger partial charge in [-0.3, -0.25) is 4.79 Å². The van der Waals surface area contributed by atoms with Crippen LogP contribution in [0.15, 0.2) is 24.3 Å². The van der Waals surface area contributed by atoms with Crippen molar-refractivity contribution in [2.45, 2.75) is 50.5 Å². The minimum absolute atomic E-state index is 0.00548. The van der Waals surface area contributed by atoms with Crippen molar-refractivity contribution in [3.05, 3.63) is 30.1 Å². The Balaban J connectivity index is 1.63. The van der Waals surface area contributed by atoms with Crippen LogP contribution in [0.4, 0.5) is 10.1 Å². The van der Waals surface area contributed by atoms with Crippen molar-refractivity contribution in [1.82, 2.24) is 10.2 Å². The molecule has 1 aliphatic carbocycles. The molecule has 1 aromatic rings. The standard InChI is InChI=1S/C20H30FN3O/c1-22-19(25)20(23-18-9-5-8-17(21)14-18)10-12-24(13-11-20)15-16-6-3-2-4-7-16/h5,8-9,14,16,23H,2-4,6-7,10-13,15H2,1H3,(H,22,25). The molecule has 138 valence electrons. The van der Waals surface area contributed by atoms with Gasteiger partial charge in [0.1, 0.15) is 11.4 Å². The van der Waals surface area contributed by atoms with Crippen LogP contribution in [-0.2, 0) is 4.79 Å². The summed E-state index contributed by atoms with van der Waals surface area (Å²) in [5, 5.41) is 6.12. The molecule has 25 heavy (non-hydrogen) atoms. The van der Waals surface area contributed by atoms with Crippen LogP contribution in [0, 0.1) is 11.7 Å². The fourth-order valence-electron chi connectivity index (χ4n) is 4.34. The number of benzene rings is 1. The molecule has 0 atom stereocenters. The summed E-state index contributed by atoms with van der Waals surface area (Å²) in [6.07, 6.45) is 8.29. The molecule has 2 aliphatic rings. The van der Waals surface area contributed by atoms with Crippen LogP contribution in [0.25, 0.3) is 0 Å². The molecule has 0 radical (unpaired) electrons. The number of likely N-dealkylation sites (tertiary alicyclic amines) is 1. The number of halogens is 1. The van der Waals surface area contributed by atoms with Gasteiger partial charge >= 0.3 is 0 Å². The Morgan fingerprint density at radius 2 is 1.96 bits per heavy atom. The molecule has 5 heteroatoms. The predicted octanol–water partition coefficient (Wildman–Crippen LogP) is 3.40. The Kier molecular flexibility index (Phi) is 5.94. The van der Waals surface area contributed by atoms with Crippen molar-refractivity contribution >= 4 is 11.6 Å². The maximum absolute atomic E-state index is 13.5. The first kappa shape index (κ1) is 18.2. The van der Waals surface area contributed by atoms with Gasteiger partial charge in [0.05, 0.1) is 0 Å². The summed E-state index contributed by atoms with van der Waals surface area (Å²) in [7, 11) is 1.67. The molecule has 0 aromatic heterocycles. The predicted molar refractivity (Wildman–Crippen MR) is 99.1 cm³/mol. The molecule has 4 nitrogen and oxygen atoms in total. The topological polar surface area (TPSA) is 44.4 Å². The van der Waals surface area contributed by atoms with Gasteiger partial charge in [0.25, 0.3) is 0 Å². The lowest BCUT2D eigenvalue weighted by atomic mass is 9.84. The van der Waals surface area contributed by atoms with Crippen molar-refractivity contribution in [2.24, 2.45) is 5.92 Å². The molecule has 1 heterocycles. The summed E-state index contributed by atoms with van der Waals surface area (Å²) >= 11 is 0. The highest BCUT2D eigenvalue weighted by atomic mass is 19.1. The summed E-state index contributed by atoms with van der Waals surface area (Å²) < 4.78 is 13.5. The van der Waals surface area contributed by atoms with E-state index >= 15 is 0 Å². The maximum Gasteiger partial charge on any atom is 0.245 e. The van der Waals surface area contributed by atoms with Crippen molar-refractivity contribution in [3.8, 4) is 0 Å². The van der Waals surface area contributed by atoms with Crippen LogP contribution in [0.5, 0.6) is 0 Å². The molecule has 1 amide bonds. The highest BCUT2D eigenvalue weighted by Gasteiger charge is 2.41. The monoisotopic (exact) mass is 347 g/mol. The van der Waals surface area contributed by atoms with E-state index in [4.69, 9.17) is 0 Å². The Morgan fingerprint density at radius 1 is 1.24 bits per heavy atom. The van der Waals surface area contributed by atoms with E-state index in [1.54, 1.807) is 13.1 Å². The number of likely N-dealkylation sites (N-methyl/N-ethyl adjacent to an activating group) is 1. The summed E-state index contributed by atoms with van der Waals surface area (Å²) in [6.45, 7) is 2.97. The number of nitrogens with one attached hydrogen (secondary N) is 2. The summed E-state index contributed by atoms with van der Waals surface area (Å²) in [5.41, 5.74) is 0.0235. The third-order valence-electron chi connectivity index (χ3n) is 5.82. The smallest absolute Gasteiger partial charge is 0.245 e. The van der Waals surface area contributed by atoms with Crippen LogP contribution in [0.2, 0.25) is 0 Å². The number of piperidine rings is 1. The van der Waals surface area contributed by atoms with E-state index in [9.17, 15) is 9.18 Å². The Bertz CT molecular complexity index is 578. The van der Waals surface area contributed by atoms with Gasteiger partial charge in [-0.1, -0.05) is 25.3 Å². The molecule has 1 saturated carbocycles.